The maximum atomic E-state index is 5.37. The lowest BCUT2D eigenvalue weighted by Crippen LogP contribution is -2.39. The normalized spacial score (nSPS) is 13.5. The Kier molecular flexibility index (Phi) is 8.01. The predicted molar refractivity (Wildman–Crippen MR) is 119 cm³/mol. The van der Waals surface area contributed by atoms with Crippen molar-refractivity contribution in [1.29, 1.82) is 0 Å². The van der Waals surface area contributed by atoms with E-state index < -0.39 is 0 Å². The van der Waals surface area contributed by atoms with Crippen LogP contribution in [0.3, 0.4) is 0 Å². The Labute approximate surface area is 173 Å². The van der Waals surface area contributed by atoms with Gasteiger partial charge in [-0.2, -0.15) is 0 Å². The van der Waals surface area contributed by atoms with Gasteiger partial charge >= 0.3 is 0 Å². The number of aromatic nitrogens is 1. The maximum absolute atomic E-state index is 5.37. The molecule has 0 aliphatic heterocycles. The van der Waals surface area contributed by atoms with Gasteiger partial charge in [0.05, 0.1) is 18.8 Å². The van der Waals surface area contributed by atoms with Crippen molar-refractivity contribution < 1.29 is 4.74 Å². The second-order valence-electron chi connectivity index (χ2n) is 7.78. The fourth-order valence-electron chi connectivity index (χ4n) is 3.16. The number of aliphatic imine (C=N–C) groups is 1. The van der Waals surface area contributed by atoms with Gasteiger partial charge in [0, 0.05) is 31.5 Å². The van der Waals surface area contributed by atoms with Gasteiger partial charge < -0.3 is 15.0 Å². The Morgan fingerprint density at radius 3 is 2.71 bits per heavy atom. The van der Waals surface area contributed by atoms with Crippen molar-refractivity contribution in [2.45, 2.75) is 52.7 Å². The maximum Gasteiger partial charge on any atom is 0.194 e. The van der Waals surface area contributed by atoms with Crippen molar-refractivity contribution in [2.75, 3.05) is 27.2 Å². The van der Waals surface area contributed by atoms with Crippen LogP contribution < -0.4 is 5.32 Å². The zero-order valence-electron chi connectivity index (χ0n) is 18.2. The average Bonchev–Trinajstić information content (AvgIpc) is 3.13. The molecule has 1 aromatic carbocycles. The first-order valence-corrected chi connectivity index (χ1v) is 10.7. The van der Waals surface area contributed by atoms with Crippen molar-refractivity contribution in [2.24, 2.45) is 4.99 Å². The third-order valence-electron chi connectivity index (χ3n) is 4.86. The summed E-state index contributed by atoms with van der Waals surface area (Å²) in [7, 11) is 3.77. The Hall–Kier alpha value is -1.92. The quantitative estimate of drug-likeness (QED) is 0.520. The number of benzene rings is 1. The SMILES string of the molecule is CCNC(=NCC(C)(C)c1ccccc1C)N(C)Cc1csc(C(C)OC)n1. The van der Waals surface area contributed by atoms with Gasteiger partial charge in [0.15, 0.2) is 5.96 Å². The first kappa shape index (κ1) is 22.4. The summed E-state index contributed by atoms with van der Waals surface area (Å²) < 4.78 is 5.37. The summed E-state index contributed by atoms with van der Waals surface area (Å²) in [6.45, 7) is 13.0. The van der Waals surface area contributed by atoms with Crippen LogP contribution in [0.15, 0.2) is 34.6 Å². The van der Waals surface area contributed by atoms with Crippen LogP contribution in [-0.2, 0) is 16.7 Å². The Bertz CT molecular complexity index is 784. The van der Waals surface area contributed by atoms with Gasteiger partial charge in [0.25, 0.3) is 0 Å². The molecule has 0 saturated carbocycles. The lowest BCUT2D eigenvalue weighted by atomic mass is 9.82. The molecule has 28 heavy (non-hydrogen) atoms. The fourth-order valence-corrected chi connectivity index (χ4v) is 4.00. The number of methoxy groups -OCH3 is 1. The van der Waals surface area contributed by atoms with E-state index >= 15 is 0 Å². The molecule has 1 N–H and O–H groups in total. The molecule has 0 radical (unpaired) electrons. The monoisotopic (exact) mass is 402 g/mol. The van der Waals surface area contributed by atoms with Gasteiger partial charge in [-0.15, -0.1) is 11.3 Å². The molecule has 0 saturated heterocycles. The summed E-state index contributed by atoms with van der Waals surface area (Å²) in [5.74, 6) is 0.901. The lowest BCUT2D eigenvalue weighted by molar-refractivity contribution is 0.119. The summed E-state index contributed by atoms with van der Waals surface area (Å²) in [5.41, 5.74) is 3.66. The van der Waals surface area contributed by atoms with Gasteiger partial charge in [-0.3, -0.25) is 4.99 Å². The molecule has 0 bridgehead atoms. The predicted octanol–water partition coefficient (Wildman–Crippen LogP) is 4.53. The molecule has 5 nitrogen and oxygen atoms in total. The average molecular weight is 403 g/mol. The first-order valence-electron chi connectivity index (χ1n) is 9.81. The highest BCUT2D eigenvalue weighted by molar-refractivity contribution is 7.09. The first-order chi connectivity index (χ1) is 13.3. The van der Waals surface area contributed by atoms with E-state index in [-0.39, 0.29) is 11.5 Å². The van der Waals surface area contributed by atoms with E-state index in [1.54, 1.807) is 18.4 Å². The van der Waals surface area contributed by atoms with Crippen LogP contribution in [0, 0.1) is 6.92 Å². The van der Waals surface area contributed by atoms with E-state index in [0.717, 1.165) is 23.2 Å². The van der Waals surface area contributed by atoms with Crippen LogP contribution >= 0.6 is 11.3 Å². The molecular weight excluding hydrogens is 368 g/mol. The van der Waals surface area contributed by atoms with Gasteiger partial charge in [0.2, 0.25) is 0 Å². The van der Waals surface area contributed by atoms with E-state index in [1.165, 1.54) is 11.1 Å². The molecule has 1 atom stereocenters. The van der Waals surface area contributed by atoms with Crippen LogP contribution in [0.5, 0.6) is 0 Å². The minimum Gasteiger partial charge on any atom is -0.375 e. The highest BCUT2D eigenvalue weighted by Gasteiger charge is 2.22. The molecule has 0 fully saturated rings. The molecule has 0 aliphatic carbocycles. The largest absolute Gasteiger partial charge is 0.375 e. The van der Waals surface area contributed by atoms with E-state index in [9.17, 15) is 0 Å². The molecule has 0 spiro atoms. The van der Waals surface area contributed by atoms with E-state index in [2.05, 4.69) is 74.6 Å². The van der Waals surface area contributed by atoms with E-state index in [4.69, 9.17) is 14.7 Å². The van der Waals surface area contributed by atoms with Gasteiger partial charge in [-0.05, 0) is 31.9 Å². The highest BCUT2D eigenvalue weighted by Crippen LogP contribution is 2.26. The summed E-state index contributed by atoms with van der Waals surface area (Å²) >= 11 is 1.64. The molecule has 154 valence electrons. The number of hydrogen-bond acceptors (Lipinski definition) is 4. The third-order valence-corrected chi connectivity index (χ3v) is 5.92. The standard InChI is InChI=1S/C22H34N4OS/c1-8-23-21(24-15-22(4,5)19-12-10-9-11-16(19)2)26(6)13-18-14-28-20(25-18)17(3)27-7/h9-12,14,17H,8,13,15H2,1-7H3,(H,23,24). The topological polar surface area (TPSA) is 49.8 Å². The molecule has 0 amide bonds. The Morgan fingerprint density at radius 2 is 2.07 bits per heavy atom. The van der Waals surface area contributed by atoms with Crippen LogP contribution in [0.1, 0.15) is 55.6 Å². The molecule has 1 heterocycles. The van der Waals surface area contributed by atoms with Gasteiger partial charge in [0.1, 0.15) is 11.1 Å². The molecule has 6 heteroatoms. The smallest absolute Gasteiger partial charge is 0.194 e. The third kappa shape index (κ3) is 5.79. The van der Waals surface area contributed by atoms with Gasteiger partial charge in [-0.25, -0.2) is 4.98 Å². The Balaban J connectivity index is 2.12. The molecule has 2 rings (SSSR count). The van der Waals surface area contributed by atoms with Crippen molar-refractivity contribution >= 4 is 17.3 Å². The summed E-state index contributed by atoms with van der Waals surface area (Å²) in [6.07, 6.45) is 0.0286. The van der Waals surface area contributed by atoms with E-state index in [0.29, 0.717) is 13.1 Å². The van der Waals surface area contributed by atoms with Crippen LogP contribution in [0.2, 0.25) is 0 Å². The molecule has 0 aliphatic rings. The molecule has 1 unspecified atom stereocenters. The minimum absolute atomic E-state index is 0.0286. The number of thiazole rings is 1. The number of ether oxygens (including phenoxy) is 1. The number of aryl methyl sites for hydroxylation is 1. The number of rotatable bonds is 8. The van der Waals surface area contributed by atoms with E-state index in [1.807, 2.05) is 6.92 Å². The van der Waals surface area contributed by atoms with Crippen molar-refractivity contribution in [3.8, 4) is 0 Å². The second kappa shape index (κ2) is 10.0. The molecule has 2 aromatic rings. The lowest BCUT2D eigenvalue weighted by Gasteiger charge is -2.27. The number of guanidine groups is 1. The summed E-state index contributed by atoms with van der Waals surface area (Å²) in [4.78, 5) is 11.8. The molecule has 1 aromatic heterocycles. The zero-order valence-corrected chi connectivity index (χ0v) is 19.1. The summed E-state index contributed by atoms with van der Waals surface area (Å²) in [5, 5.41) is 6.52. The van der Waals surface area contributed by atoms with Crippen molar-refractivity contribution in [3.63, 3.8) is 0 Å². The highest BCUT2D eigenvalue weighted by atomic mass is 32.1. The number of nitrogens with one attached hydrogen (secondary N) is 1. The van der Waals surface area contributed by atoms with Crippen LogP contribution in [0.25, 0.3) is 0 Å². The number of nitrogens with zero attached hydrogens (tertiary/aromatic N) is 3. The van der Waals surface area contributed by atoms with Gasteiger partial charge in [-0.1, -0.05) is 38.1 Å². The number of hydrogen-bond donors (Lipinski definition) is 1. The van der Waals surface area contributed by atoms with Crippen molar-refractivity contribution in [3.05, 3.63) is 51.5 Å². The van der Waals surface area contributed by atoms with Crippen LogP contribution in [-0.4, -0.2) is 43.1 Å². The second-order valence-corrected chi connectivity index (χ2v) is 8.67. The molecular formula is C22H34N4OS. The van der Waals surface area contributed by atoms with Crippen molar-refractivity contribution in [1.82, 2.24) is 15.2 Å². The minimum atomic E-state index is -0.0332. The summed E-state index contributed by atoms with van der Waals surface area (Å²) in [6, 6.07) is 8.56. The Morgan fingerprint density at radius 1 is 1.36 bits per heavy atom. The fraction of sp³-hybridized carbons (Fsp3) is 0.545. The zero-order chi connectivity index (χ0) is 20.7. The van der Waals surface area contributed by atoms with Crippen LogP contribution in [0.4, 0.5) is 0 Å².